The Bertz CT molecular complexity index is 424. The van der Waals surface area contributed by atoms with Crippen LogP contribution in [0.3, 0.4) is 0 Å². The topological polar surface area (TPSA) is 23.1 Å². The summed E-state index contributed by atoms with van der Waals surface area (Å²) in [4.78, 5) is 0. The second kappa shape index (κ2) is 3.65. The molecule has 88 valence electrons. The molecule has 0 aliphatic carbocycles. The van der Waals surface area contributed by atoms with Crippen molar-refractivity contribution in [3.05, 3.63) is 39.8 Å². The van der Waals surface area contributed by atoms with Gasteiger partial charge in [-0.05, 0) is 17.7 Å². The zero-order valence-corrected chi connectivity index (χ0v) is 9.60. The number of rotatable bonds is 1. The highest BCUT2D eigenvalue weighted by molar-refractivity contribution is 6.30. The molecular weight excluding hydrogens is 236 g/mol. The van der Waals surface area contributed by atoms with Gasteiger partial charge in [0.1, 0.15) is 12.4 Å². The van der Waals surface area contributed by atoms with E-state index in [9.17, 15) is 14.0 Å². The van der Waals surface area contributed by atoms with Crippen LogP contribution in [-0.4, -0.2) is 24.8 Å². The monoisotopic (exact) mass is 247 g/mol. The molecule has 1 aliphatic heterocycles. The van der Waals surface area contributed by atoms with E-state index < -0.39 is 16.1 Å². The van der Waals surface area contributed by atoms with Crippen molar-refractivity contribution in [2.75, 3.05) is 20.1 Å². The average Bonchev–Trinajstić information content (AvgIpc) is 2.47. The second-order valence-electron chi connectivity index (χ2n) is 4.52. The van der Waals surface area contributed by atoms with Crippen LogP contribution in [-0.2, 0) is 5.67 Å². The maximum absolute atomic E-state index is 14.4. The first-order valence-electron chi connectivity index (χ1n) is 5.02. The van der Waals surface area contributed by atoms with Crippen LogP contribution in [0.2, 0.25) is 5.02 Å². The average molecular weight is 248 g/mol. The molecule has 0 spiro atoms. The molecule has 1 aromatic rings. The van der Waals surface area contributed by atoms with Gasteiger partial charge in [-0.1, -0.05) is 17.7 Å². The van der Waals surface area contributed by atoms with Gasteiger partial charge in [0.05, 0.1) is 18.6 Å². The third-order valence-corrected chi connectivity index (χ3v) is 3.31. The Morgan fingerprint density at radius 1 is 1.50 bits per heavy atom. The Morgan fingerprint density at radius 2 is 2.19 bits per heavy atom. The Kier molecular flexibility index (Phi) is 2.69. The van der Waals surface area contributed by atoms with Crippen LogP contribution < -0.4 is 0 Å². The van der Waals surface area contributed by atoms with Crippen LogP contribution in [0.5, 0.6) is 0 Å². The zero-order chi connectivity index (χ0) is 12.0. The highest BCUT2D eigenvalue weighted by Crippen LogP contribution is 2.39. The highest BCUT2D eigenvalue weighted by Gasteiger charge is 2.45. The van der Waals surface area contributed by atoms with Crippen LogP contribution in [0.25, 0.3) is 0 Å². The number of nitrogens with zero attached hydrogens (tertiary/aromatic N) is 1. The molecule has 2 atom stereocenters. The van der Waals surface area contributed by atoms with Gasteiger partial charge in [-0.15, -0.1) is 0 Å². The van der Waals surface area contributed by atoms with Gasteiger partial charge < -0.3 is 9.85 Å². The summed E-state index contributed by atoms with van der Waals surface area (Å²) in [6, 6.07) is 3.84. The van der Waals surface area contributed by atoms with Gasteiger partial charge in [-0.25, -0.2) is 8.78 Å². The summed E-state index contributed by atoms with van der Waals surface area (Å²) >= 11 is 5.53. The Balaban J connectivity index is 2.34. The van der Waals surface area contributed by atoms with Gasteiger partial charge in [-0.3, -0.25) is 0 Å². The largest absolute Gasteiger partial charge is 0.633 e. The molecule has 1 saturated heterocycles. The summed E-state index contributed by atoms with van der Waals surface area (Å²) in [5.41, 5.74) is -1.53. The molecule has 0 radical (unpaired) electrons. The molecule has 5 heteroatoms. The molecule has 1 fully saturated rings. The van der Waals surface area contributed by atoms with Crippen LogP contribution in [0.1, 0.15) is 12.0 Å². The van der Waals surface area contributed by atoms with Crippen molar-refractivity contribution in [1.82, 2.24) is 0 Å². The maximum atomic E-state index is 14.4. The molecule has 16 heavy (non-hydrogen) atoms. The first-order chi connectivity index (χ1) is 7.32. The summed E-state index contributed by atoms with van der Waals surface area (Å²) < 4.78 is 27.0. The van der Waals surface area contributed by atoms with E-state index in [0.717, 1.165) is 6.07 Å². The van der Waals surface area contributed by atoms with Crippen molar-refractivity contribution >= 4 is 11.6 Å². The lowest BCUT2D eigenvalue weighted by atomic mass is 9.95. The minimum Gasteiger partial charge on any atom is -0.633 e. The van der Waals surface area contributed by atoms with Gasteiger partial charge in [0, 0.05) is 6.42 Å². The number of quaternary nitrogens is 1. The quantitative estimate of drug-likeness (QED) is 0.553. The van der Waals surface area contributed by atoms with Crippen molar-refractivity contribution < 1.29 is 13.4 Å². The van der Waals surface area contributed by atoms with E-state index in [-0.39, 0.29) is 30.1 Å². The van der Waals surface area contributed by atoms with E-state index in [1.165, 1.54) is 19.2 Å². The van der Waals surface area contributed by atoms with E-state index in [1.54, 1.807) is 0 Å². The lowest BCUT2D eigenvalue weighted by Crippen LogP contribution is -2.37. The third-order valence-electron chi connectivity index (χ3n) is 3.00. The SMILES string of the molecule is C[N+]1([O-])CCC(F)(c2ccc(Cl)c(F)c2)C1. The van der Waals surface area contributed by atoms with Crippen molar-refractivity contribution in [1.29, 1.82) is 0 Å². The smallest absolute Gasteiger partial charge is 0.190 e. The summed E-state index contributed by atoms with van der Waals surface area (Å²) in [5.74, 6) is -0.650. The molecule has 1 heterocycles. The standard InChI is InChI=1S/C11H12ClF2NO/c1-15(16)5-4-11(14,7-15)8-2-3-9(12)10(13)6-8/h2-3,6H,4-5,7H2,1H3. The lowest BCUT2D eigenvalue weighted by molar-refractivity contribution is -0.850. The molecule has 0 aromatic heterocycles. The minimum atomic E-state index is -1.73. The number of benzene rings is 1. The number of hydrogen-bond acceptors (Lipinski definition) is 1. The fourth-order valence-electron chi connectivity index (χ4n) is 2.11. The Labute approximate surface area is 97.6 Å². The fourth-order valence-corrected chi connectivity index (χ4v) is 2.23. The number of halogens is 3. The highest BCUT2D eigenvalue weighted by atomic mass is 35.5. The van der Waals surface area contributed by atoms with E-state index in [0.29, 0.717) is 0 Å². The molecular formula is C11H12ClF2NO. The van der Waals surface area contributed by atoms with Crippen LogP contribution in [0, 0.1) is 11.0 Å². The first kappa shape index (κ1) is 11.8. The second-order valence-corrected chi connectivity index (χ2v) is 4.93. The van der Waals surface area contributed by atoms with Crippen LogP contribution in [0.4, 0.5) is 8.78 Å². The van der Waals surface area contributed by atoms with E-state index in [4.69, 9.17) is 11.6 Å². The zero-order valence-electron chi connectivity index (χ0n) is 8.84. The summed E-state index contributed by atoms with van der Waals surface area (Å²) in [6.07, 6.45) is 0.119. The van der Waals surface area contributed by atoms with Gasteiger partial charge in [0.2, 0.25) is 0 Å². The third kappa shape index (κ3) is 2.05. The van der Waals surface area contributed by atoms with Crippen molar-refractivity contribution in [2.45, 2.75) is 12.1 Å². The first-order valence-corrected chi connectivity index (χ1v) is 5.40. The van der Waals surface area contributed by atoms with E-state index >= 15 is 0 Å². The summed E-state index contributed by atoms with van der Waals surface area (Å²) in [7, 11) is 1.42. The molecule has 1 aromatic carbocycles. The minimum absolute atomic E-state index is 0.0373. The lowest BCUT2D eigenvalue weighted by Gasteiger charge is -2.34. The molecule has 0 amide bonds. The molecule has 0 N–H and O–H groups in total. The van der Waals surface area contributed by atoms with Gasteiger partial charge in [0.25, 0.3) is 0 Å². The summed E-state index contributed by atoms with van der Waals surface area (Å²) in [5, 5.41) is 11.6. The normalized spacial score (nSPS) is 34.3. The Morgan fingerprint density at radius 3 is 2.69 bits per heavy atom. The van der Waals surface area contributed by atoms with E-state index in [2.05, 4.69) is 0 Å². The molecule has 1 aliphatic rings. The van der Waals surface area contributed by atoms with Crippen molar-refractivity contribution in [2.24, 2.45) is 0 Å². The molecule has 0 saturated carbocycles. The van der Waals surface area contributed by atoms with Crippen LogP contribution in [0.15, 0.2) is 18.2 Å². The summed E-state index contributed by atoms with van der Waals surface area (Å²) in [6.45, 7) is 0.0365. The number of alkyl halides is 1. The predicted molar refractivity (Wildman–Crippen MR) is 58.1 cm³/mol. The molecule has 2 nitrogen and oxygen atoms in total. The van der Waals surface area contributed by atoms with Crippen molar-refractivity contribution in [3.63, 3.8) is 0 Å². The van der Waals surface area contributed by atoms with E-state index in [1.807, 2.05) is 0 Å². The maximum Gasteiger partial charge on any atom is 0.190 e. The molecule has 2 unspecified atom stereocenters. The Hall–Kier alpha value is -0.710. The van der Waals surface area contributed by atoms with Gasteiger partial charge in [-0.2, -0.15) is 0 Å². The van der Waals surface area contributed by atoms with Gasteiger partial charge in [0.15, 0.2) is 5.67 Å². The molecule has 2 rings (SSSR count). The van der Waals surface area contributed by atoms with Gasteiger partial charge >= 0.3 is 0 Å². The van der Waals surface area contributed by atoms with Crippen molar-refractivity contribution in [3.8, 4) is 0 Å². The predicted octanol–water partition coefficient (Wildman–Crippen LogP) is 2.99. The fraction of sp³-hybridized carbons (Fsp3) is 0.455. The number of likely N-dealkylation sites (N-methyl/N-ethyl adjacent to an activating group) is 1. The van der Waals surface area contributed by atoms with Crippen LogP contribution >= 0.6 is 11.6 Å². The number of likely N-dealkylation sites (tertiary alicyclic amines) is 1. The number of hydrogen-bond donors (Lipinski definition) is 0. The number of hydroxylamine groups is 3. The molecule has 0 bridgehead atoms.